The summed E-state index contributed by atoms with van der Waals surface area (Å²) in [4.78, 5) is 47.9. The highest BCUT2D eigenvalue weighted by Gasteiger charge is 2.35. The molecule has 2 aliphatic rings. The van der Waals surface area contributed by atoms with E-state index in [0.717, 1.165) is 13.0 Å². The Balaban J connectivity index is 1.54. The van der Waals surface area contributed by atoms with E-state index in [1.807, 2.05) is 0 Å². The number of aliphatic carboxylic acids is 1. The highest BCUT2D eigenvalue weighted by molar-refractivity contribution is 5.97. The van der Waals surface area contributed by atoms with Crippen LogP contribution in [0.3, 0.4) is 0 Å². The van der Waals surface area contributed by atoms with Gasteiger partial charge in [-0.05, 0) is 18.4 Å². The molecule has 3 amide bonds. The van der Waals surface area contributed by atoms with Crippen LogP contribution in [0.15, 0.2) is 23.3 Å². The maximum atomic E-state index is 12.9. The molecule has 0 radical (unpaired) electrons. The first-order valence-corrected chi connectivity index (χ1v) is 10.3. The van der Waals surface area contributed by atoms with Crippen molar-refractivity contribution in [2.24, 2.45) is 4.99 Å². The monoisotopic (exact) mass is 432 g/mol. The number of carbonyl (C=O) groups excluding carboxylic acids is 2. The molecule has 0 aliphatic carbocycles. The highest BCUT2D eigenvalue weighted by atomic mass is 16.5. The van der Waals surface area contributed by atoms with Crippen LogP contribution in [0.1, 0.15) is 37.3 Å². The van der Waals surface area contributed by atoms with Gasteiger partial charge in [0.15, 0.2) is 5.96 Å². The van der Waals surface area contributed by atoms with E-state index in [0.29, 0.717) is 50.0 Å². The molecule has 1 saturated heterocycles. The van der Waals surface area contributed by atoms with Crippen LogP contribution >= 0.6 is 0 Å². The first-order chi connectivity index (χ1) is 15.0. The number of methoxy groups -OCH3 is 1. The number of guanidine groups is 1. The minimum Gasteiger partial charge on any atom is -0.481 e. The second-order valence-corrected chi connectivity index (χ2v) is 7.37. The van der Waals surface area contributed by atoms with Crippen molar-refractivity contribution in [3.05, 3.63) is 23.9 Å². The normalized spacial score (nSPS) is 17.1. The Bertz CT molecular complexity index is 828. The van der Waals surface area contributed by atoms with Crippen molar-refractivity contribution in [3.8, 4) is 5.88 Å². The minimum absolute atomic E-state index is 0.148. The molecule has 1 aromatic rings. The number of carboxylic acid groups (broad SMARTS) is 1. The van der Waals surface area contributed by atoms with Crippen molar-refractivity contribution in [2.75, 3.05) is 39.8 Å². The van der Waals surface area contributed by atoms with E-state index in [2.05, 4.69) is 20.6 Å². The van der Waals surface area contributed by atoms with Crippen molar-refractivity contribution in [1.82, 2.24) is 25.4 Å². The fraction of sp³-hybridized carbons (Fsp3) is 0.550. The minimum atomic E-state index is -0.997. The van der Waals surface area contributed by atoms with E-state index in [9.17, 15) is 19.5 Å². The molecule has 31 heavy (non-hydrogen) atoms. The van der Waals surface area contributed by atoms with Crippen LogP contribution in [0.25, 0.3) is 0 Å². The summed E-state index contributed by atoms with van der Waals surface area (Å²) in [6.45, 7) is 2.80. The molecule has 0 unspecified atom stereocenters. The number of ether oxygens (including phenoxy) is 1. The average Bonchev–Trinajstić information content (AvgIpc) is 3.13. The second kappa shape index (κ2) is 10.6. The summed E-state index contributed by atoms with van der Waals surface area (Å²) in [5.74, 6) is -0.225. The van der Waals surface area contributed by atoms with E-state index in [1.165, 1.54) is 13.3 Å². The molecule has 3 N–H and O–H groups in total. The van der Waals surface area contributed by atoms with Gasteiger partial charge in [-0.3, -0.25) is 19.9 Å². The van der Waals surface area contributed by atoms with E-state index in [1.54, 1.807) is 21.9 Å². The molecule has 2 aliphatic heterocycles. The third-order valence-electron chi connectivity index (χ3n) is 5.21. The number of urea groups is 1. The molecule has 0 aromatic carbocycles. The van der Waals surface area contributed by atoms with Crippen LogP contribution in [-0.4, -0.2) is 83.6 Å². The third-order valence-corrected chi connectivity index (χ3v) is 5.21. The number of amides is 3. The van der Waals surface area contributed by atoms with Crippen LogP contribution < -0.4 is 15.4 Å². The molecular formula is C20H28N6O5. The number of aliphatic imine (C=N–C) groups is 1. The van der Waals surface area contributed by atoms with Gasteiger partial charge in [-0.2, -0.15) is 0 Å². The number of hydrogen-bond donors (Lipinski definition) is 3. The van der Waals surface area contributed by atoms with Crippen molar-refractivity contribution in [3.63, 3.8) is 0 Å². The number of carboxylic acids is 1. The van der Waals surface area contributed by atoms with Gasteiger partial charge < -0.3 is 25.0 Å². The van der Waals surface area contributed by atoms with E-state index in [4.69, 9.17) is 4.74 Å². The molecular weight excluding hydrogens is 404 g/mol. The Hall–Kier alpha value is -3.37. The summed E-state index contributed by atoms with van der Waals surface area (Å²) in [6, 6.07) is 2.52. The molecule has 1 atom stereocenters. The van der Waals surface area contributed by atoms with Gasteiger partial charge >= 0.3 is 12.0 Å². The molecule has 3 heterocycles. The van der Waals surface area contributed by atoms with Gasteiger partial charge in [-0.1, -0.05) is 6.07 Å². The lowest BCUT2D eigenvalue weighted by Gasteiger charge is -2.27. The summed E-state index contributed by atoms with van der Waals surface area (Å²) >= 11 is 0. The number of pyridine rings is 1. The largest absolute Gasteiger partial charge is 0.481 e. The molecule has 168 valence electrons. The standard InChI is InChI=1S/C20H28N6O5/c1-31-17-6-5-14(13-23-17)15(12-18(28)29)26-11-10-25(20(26)30)9-2-4-16(27)24-19-21-7-3-8-22-19/h5-6,13,15H,2-4,7-12H2,1H3,(H,28,29)(H2,21,22,24,27)/t15-/m0/s1. The van der Waals surface area contributed by atoms with Gasteiger partial charge in [0.05, 0.1) is 19.6 Å². The number of nitrogens with one attached hydrogen (secondary N) is 2. The van der Waals surface area contributed by atoms with Gasteiger partial charge in [0.2, 0.25) is 11.8 Å². The lowest BCUT2D eigenvalue weighted by molar-refractivity contribution is -0.138. The Kier molecular flexibility index (Phi) is 7.63. The summed E-state index contributed by atoms with van der Waals surface area (Å²) in [7, 11) is 1.50. The molecule has 0 saturated carbocycles. The van der Waals surface area contributed by atoms with Gasteiger partial charge in [-0.15, -0.1) is 0 Å². The molecule has 0 bridgehead atoms. The average molecular weight is 432 g/mol. The maximum Gasteiger partial charge on any atom is 0.320 e. The zero-order valence-electron chi connectivity index (χ0n) is 17.5. The molecule has 3 rings (SSSR count). The maximum absolute atomic E-state index is 12.9. The summed E-state index contributed by atoms with van der Waals surface area (Å²) in [6.07, 6.45) is 3.04. The third kappa shape index (κ3) is 6.06. The fourth-order valence-electron chi connectivity index (χ4n) is 3.62. The van der Waals surface area contributed by atoms with Crippen LogP contribution in [0, 0.1) is 0 Å². The van der Waals surface area contributed by atoms with Gasteiger partial charge in [0, 0.05) is 51.4 Å². The molecule has 1 fully saturated rings. The lowest BCUT2D eigenvalue weighted by Crippen LogP contribution is -2.43. The molecule has 1 aromatic heterocycles. The summed E-state index contributed by atoms with van der Waals surface area (Å²) in [5.41, 5.74) is 0.638. The van der Waals surface area contributed by atoms with E-state index < -0.39 is 12.0 Å². The zero-order chi connectivity index (χ0) is 22.2. The molecule has 11 nitrogen and oxygen atoms in total. The van der Waals surface area contributed by atoms with Crippen LogP contribution in [0.2, 0.25) is 0 Å². The SMILES string of the molecule is COc1ccc([C@H](CC(=O)O)N2CCN(CCCC(=O)NC3=NCCCN3)C2=O)cn1. The van der Waals surface area contributed by atoms with Crippen LogP contribution in [0.5, 0.6) is 5.88 Å². The van der Waals surface area contributed by atoms with Crippen LogP contribution in [-0.2, 0) is 9.59 Å². The lowest BCUT2D eigenvalue weighted by atomic mass is 10.0. The summed E-state index contributed by atoms with van der Waals surface area (Å²) in [5, 5.41) is 15.1. The highest BCUT2D eigenvalue weighted by Crippen LogP contribution is 2.28. The topological polar surface area (TPSA) is 136 Å². The Morgan fingerprint density at radius 2 is 2.19 bits per heavy atom. The first-order valence-electron chi connectivity index (χ1n) is 10.3. The van der Waals surface area contributed by atoms with Crippen molar-refractivity contribution >= 4 is 23.9 Å². The number of nitrogens with zero attached hydrogens (tertiary/aromatic N) is 4. The number of carbonyl (C=O) groups is 3. The van der Waals surface area contributed by atoms with Crippen LogP contribution in [0.4, 0.5) is 4.79 Å². The molecule has 11 heteroatoms. The quantitative estimate of drug-likeness (QED) is 0.519. The summed E-state index contributed by atoms with van der Waals surface area (Å²) < 4.78 is 5.05. The Labute approximate surface area is 180 Å². The van der Waals surface area contributed by atoms with Gasteiger partial charge in [0.25, 0.3) is 0 Å². The predicted octanol–water partition coefficient (Wildman–Crippen LogP) is 0.589. The number of aromatic nitrogens is 1. The first kappa shape index (κ1) is 22.3. The van der Waals surface area contributed by atoms with Gasteiger partial charge in [0.1, 0.15) is 0 Å². The smallest absolute Gasteiger partial charge is 0.320 e. The zero-order valence-corrected chi connectivity index (χ0v) is 17.5. The number of rotatable bonds is 9. The van der Waals surface area contributed by atoms with E-state index in [-0.39, 0.29) is 24.8 Å². The Morgan fingerprint density at radius 3 is 2.84 bits per heavy atom. The van der Waals surface area contributed by atoms with Crippen molar-refractivity contribution < 1.29 is 24.2 Å². The fourth-order valence-corrected chi connectivity index (χ4v) is 3.62. The predicted molar refractivity (Wildman–Crippen MR) is 112 cm³/mol. The van der Waals surface area contributed by atoms with Gasteiger partial charge in [-0.25, -0.2) is 9.78 Å². The Morgan fingerprint density at radius 1 is 1.35 bits per heavy atom. The molecule has 0 spiro atoms. The second-order valence-electron chi connectivity index (χ2n) is 7.37. The van der Waals surface area contributed by atoms with E-state index >= 15 is 0 Å². The van der Waals surface area contributed by atoms with Crippen molar-refractivity contribution in [2.45, 2.75) is 31.7 Å². The number of hydrogen-bond acceptors (Lipinski definition) is 7. The van der Waals surface area contributed by atoms with Crippen molar-refractivity contribution in [1.29, 1.82) is 0 Å².